The summed E-state index contributed by atoms with van der Waals surface area (Å²) in [7, 11) is 0. The van der Waals surface area contributed by atoms with Crippen LogP contribution in [0.15, 0.2) is 54.6 Å². The molecule has 5 nitrogen and oxygen atoms in total. The Labute approximate surface area is 170 Å². The molecule has 1 aliphatic heterocycles. The van der Waals surface area contributed by atoms with Crippen LogP contribution in [0.5, 0.6) is 0 Å². The first-order chi connectivity index (χ1) is 13.5. The first-order valence-electron chi connectivity index (χ1n) is 9.70. The third kappa shape index (κ3) is 5.58. The second-order valence-electron chi connectivity index (χ2n) is 7.32. The Balaban J connectivity index is 1.44. The summed E-state index contributed by atoms with van der Waals surface area (Å²) in [5.74, 6) is 1.22. The van der Waals surface area contributed by atoms with Gasteiger partial charge in [-0.15, -0.1) is 11.8 Å². The highest BCUT2D eigenvalue weighted by atomic mass is 32.2. The number of piperidine rings is 1. The van der Waals surface area contributed by atoms with E-state index in [-0.39, 0.29) is 21.8 Å². The average molecular weight is 399 g/mol. The van der Waals surface area contributed by atoms with Crippen molar-refractivity contribution >= 4 is 23.4 Å². The molecule has 1 fully saturated rings. The Morgan fingerprint density at radius 3 is 2.57 bits per heavy atom. The Morgan fingerprint density at radius 2 is 1.89 bits per heavy atom. The summed E-state index contributed by atoms with van der Waals surface area (Å²) in [5, 5.41) is 11.0. The van der Waals surface area contributed by atoms with Crippen molar-refractivity contribution in [2.75, 3.05) is 18.8 Å². The molecule has 0 aromatic heterocycles. The van der Waals surface area contributed by atoms with Gasteiger partial charge in [-0.05, 0) is 43.2 Å². The van der Waals surface area contributed by atoms with E-state index in [1.165, 1.54) is 11.6 Å². The van der Waals surface area contributed by atoms with Gasteiger partial charge in [-0.2, -0.15) is 0 Å². The van der Waals surface area contributed by atoms with Gasteiger partial charge in [-0.1, -0.05) is 42.5 Å². The van der Waals surface area contributed by atoms with Gasteiger partial charge in [0, 0.05) is 30.5 Å². The van der Waals surface area contributed by atoms with Crippen LogP contribution in [0.3, 0.4) is 0 Å². The number of hydrogen-bond donors (Lipinski definition) is 0. The molecule has 3 rings (SSSR count). The maximum absolute atomic E-state index is 12.6. The van der Waals surface area contributed by atoms with Crippen molar-refractivity contribution in [3.8, 4) is 0 Å². The fraction of sp³-hybridized carbons (Fsp3) is 0.409. The van der Waals surface area contributed by atoms with E-state index < -0.39 is 0 Å². The number of nitrogens with zero attached hydrogens (tertiary/aromatic N) is 2. The van der Waals surface area contributed by atoms with Gasteiger partial charge in [0.2, 0.25) is 5.91 Å². The number of non-ortho nitro benzene ring substituents is 1. The number of nitro groups is 1. The SMILES string of the molecule is C[C@H](SCC(=O)N1CCC(Cc2ccccc2)CC1)c1cccc([N+](=O)[O-])c1. The molecule has 1 atom stereocenters. The highest BCUT2D eigenvalue weighted by Gasteiger charge is 2.23. The zero-order chi connectivity index (χ0) is 19.9. The molecular weight excluding hydrogens is 372 g/mol. The van der Waals surface area contributed by atoms with E-state index in [1.54, 1.807) is 23.9 Å². The van der Waals surface area contributed by atoms with E-state index in [1.807, 2.05) is 24.0 Å². The summed E-state index contributed by atoms with van der Waals surface area (Å²) in [6.07, 6.45) is 3.18. The van der Waals surface area contributed by atoms with Crippen LogP contribution in [0.2, 0.25) is 0 Å². The monoisotopic (exact) mass is 398 g/mol. The smallest absolute Gasteiger partial charge is 0.269 e. The molecule has 0 N–H and O–H groups in total. The van der Waals surface area contributed by atoms with Crippen LogP contribution in [0, 0.1) is 16.0 Å². The Morgan fingerprint density at radius 1 is 1.18 bits per heavy atom. The van der Waals surface area contributed by atoms with Gasteiger partial charge in [0.25, 0.3) is 5.69 Å². The largest absolute Gasteiger partial charge is 0.342 e. The molecule has 0 unspecified atom stereocenters. The van der Waals surface area contributed by atoms with Crippen LogP contribution in [0.25, 0.3) is 0 Å². The summed E-state index contributed by atoms with van der Waals surface area (Å²) in [4.78, 5) is 25.1. The van der Waals surface area contributed by atoms with Crippen LogP contribution in [0.4, 0.5) is 5.69 Å². The highest BCUT2D eigenvalue weighted by molar-refractivity contribution is 8.00. The molecule has 0 radical (unpaired) electrons. The normalized spacial score (nSPS) is 16.0. The molecule has 2 aromatic rings. The van der Waals surface area contributed by atoms with E-state index in [4.69, 9.17) is 0 Å². The number of carbonyl (C=O) groups excluding carboxylic acids is 1. The van der Waals surface area contributed by atoms with Crippen LogP contribution in [0.1, 0.15) is 36.1 Å². The molecular formula is C22H26N2O3S. The minimum atomic E-state index is -0.383. The molecule has 1 aliphatic rings. The number of carbonyl (C=O) groups is 1. The predicted molar refractivity (Wildman–Crippen MR) is 113 cm³/mol. The molecule has 28 heavy (non-hydrogen) atoms. The average Bonchev–Trinajstić information content (AvgIpc) is 2.73. The molecule has 0 spiro atoms. The highest BCUT2D eigenvalue weighted by Crippen LogP contribution is 2.31. The van der Waals surface area contributed by atoms with Crippen LogP contribution >= 0.6 is 11.8 Å². The molecule has 0 saturated carbocycles. The second kappa shape index (κ2) is 9.73. The third-order valence-corrected chi connectivity index (χ3v) is 6.53. The fourth-order valence-electron chi connectivity index (χ4n) is 3.61. The number of rotatable bonds is 7. The zero-order valence-electron chi connectivity index (χ0n) is 16.1. The number of nitro benzene ring substituents is 1. The maximum atomic E-state index is 12.6. The van der Waals surface area contributed by atoms with E-state index in [0.717, 1.165) is 37.9 Å². The summed E-state index contributed by atoms with van der Waals surface area (Å²) in [6.45, 7) is 3.63. The number of likely N-dealkylation sites (tertiary alicyclic amines) is 1. The maximum Gasteiger partial charge on any atom is 0.269 e. The Hall–Kier alpha value is -2.34. The lowest BCUT2D eigenvalue weighted by Gasteiger charge is -2.32. The van der Waals surface area contributed by atoms with Crippen molar-refractivity contribution in [1.82, 2.24) is 4.90 Å². The van der Waals surface area contributed by atoms with E-state index >= 15 is 0 Å². The minimum Gasteiger partial charge on any atom is -0.342 e. The van der Waals surface area contributed by atoms with E-state index in [9.17, 15) is 14.9 Å². The van der Waals surface area contributed by atoms with Gasteiger partial charge < -0.3 is 4.90 Å². The molecule has 1 saturated heterocycles. The number of benzene rings is 2. The van der Waals surface area contributed by atoms with Gasteiger partial charge in [0.15, 0.2) is 0 Å². The molecule has 6 heteroatoms. The van der Waals surface area contributed by atoms with Crippen molar-refractivity contribution in [3.63, 3.8) is 0 Å². The van der Waals surface area contributed by atoms with E-state index in [2.05, 4.69) is 24.3 Å². The first kappa shape index (κ1) is 20.4. The molecule has 1 heterocycles. The zero-order valence-corrected chi connectivity index (χ0v) is 16.9. The quantitative estimate of drug-likeness (QED) is 0.493. The lowest BCUT2D eigenvalue weighted by molar-refractivity contribution is -0.384. The first-order valence-corrected chi connectivity index (χ1v) is 10.8. The molecule has 2 aromatic carbocycles. The number of thioether (sulfide) groups is 1. The lowest BCUT2D eigenvalue weighted by atomic mass is 9.90. The Bertz CT molecular complexity index is 804. The fourth-order valence-corrected chi connectivity index (χ4v) is 4.52. The topological polar surface area (TPSA) is 63.5 Å². The molecule has 1 amide bonds. The Kier molecular flexibility index (Phi) is 7.09. The van der Waals surface area contributed by atoms with Gasteiger partial charge in [-0.25, -0.2) is 0 Å². The number of hydrogen-bond acceptors (Lipinski definition) is 4. The van der Waals surface area contributed by atoms with Crippen molar-refractivity contribution in [2.24, 2.45) is 5.92 Å². The molecule has 0 aliphatic carbocycles. The molecule has 0 bridgehead atoms. The predicted octanol–water partition coefficient (Wildman–Crippen LogP) is 4.87. The van der Waals surface area contributed by atoms with Crippen molar-refractivity contribution in [3.05, 3.63) is 75.8 Å². The summed E-state index contributed by atoms with van der Waals surface area (Å²) in [6, 6.07) is 17.2. The van der Waals surface area contributed by atoms with Crippen molar-refractivity contribution < 1.29 is 9.72 Å². The summed E-state index contributed by atoms with van der Waals surface area (Å²) < 4.78 is 0. The van der Waals surface area contributed by atoms with Gasteiger partial charge in [0.05, 0.1) is 10.7 Å². The van der Waals surface area contributed by atoms with Crippen LogP contribution < -0.4 is 0 Å². The standard InChI is InChI=1S/C22H26N2O3S/c1-17(20-8-5-9-21(15-20)24(26)27)28-16-22(25)23-12-10-19(11-13-23)14-18-6-3-2-4-7-18/h2-9,15,17,19H,10-14,16H2,1H3/t17-/m0/s1. The second-order valence-corrected chi connectivity index (χ2v) is 8.65. The van der Waals surface area contributed by atoms with Crippen LogP contribution in [-0.4, -0.2) is 34.6 Å². The van der Waals surface area contributed by atoms with Gasteiger partial charge >= 0.3 is 0 Å². The van der Waals surface area contributed by atoms with Crippen LogP contribution in [-0.2, 0) is 11.2 Å². The minimum absolute atomic E-state index is 0.0412. The molecule has 148 valence electrons. The summed E-state index contributed by atoms with van der Waals surface area (Å²) in [5.41, 5.74) is 2.35. The van der Waals surface area contributed by atoms with Gasteiger partial charge in [0.1, 0.15) is 0 Å². The van der Waals surface area contributed by atoms with Crippen molar-refractivity contribution in [1.29, 1.82) is 0 Å². The summed E-state index contributed by atoms with van der Waals surface area (Å²) >= 11 is 1.54. The number of amides is 1. The third-order valence-electron chi connectivity index (χ3n) is 5.34. The lowest BCUT2D eigenvalue weighted by Crippen LogP contribution is -2.39. The van der Waals surface area contributed by atoms with Gasteiger partial charge in [-0.3, -0.25) is 14.9 Å². The van der Waals surface area contributed by atoms with E-state index in [0.29, 0.717) is 11.7 Å². The van der Waals surface area contributed by atoms with Crippen molar-refractivity contribution in [2.45, 2.75) is 31.4 Å².